The van der Waals surface area contributed by atoms with Gasteiger partial charge in [0.1, 0.15) is 22.3 Å². The van der Waals surface area contributed by atoms with Gasteiger partial charge in [0.2, 0.25) is 5.95 Å². The van der Waals surface area contributed by atoms with Gasteiger partial charge >= 0.3 is 0 Å². The highest BCUT2D eigenvalue weighted by molar-refractivity contribution is 7.25. The molecule has 58 heavy (non-hydrogen) atoms. The van der Waals surface area contributed by atoms with Crippen molar-refractivity contribution in [2.24, 2.45) is 0 Å². The van der Waals surface area contributed by atoms with Crippen LogP contribution in [0.15, 0.2) is 179 Å². The zero-order chi connectivity index (χ0) is 37.9. The SMILES string of the molecule is c1ccc(-c2cccc3oc4cc(-c5nc(-c6cccc7oc8ccccc8c67)nc(-n6c7ccccc7c7cc8sc9ccccc9c8cc76)n5)ccc4c23)cc1. The summed E-state index contributed by atoms with van der Waals surface area (Å²) in [6.45, 7) is 0. The lowest BCUT2D eigenvalue weighted by molar-refractivity contribution is 0.668. The number of furan rings is 2. The van der Waals surface area contributed by atoms with E-state index in [-0.39, 0.29) is 0 Å². The number of thiophene rings is 1. The Morgan fingerprint density at radius 1 is 0.379 bits per heavy atom. The molecule has 0 saturated heterocycles. The molecule has 0 saturated carbocycles. The van der Waals surface area contributed by atoms with Crippen molar-refractivity contribution in [3.63, 3.8) is 0 Å². The predicted molar refractivity (Wildman–Crippen MR) is 238 cm³/mol. The lowest BCUT2D eigenvalue weighted by Gasteiger charge is -2.11. The Balaban J connectivity index is 1.10. The minimum Gasteiger partial charge on any atom is -0.456 e. The molecule has 270 valence electrons. The molecule has 0 aliphatic heterocycles. The molecule has 5 aromatic heterocycles. The van der Waals surface area contributed by atoms with Crippen molar-refractivity contribution in [2.75, 3.05) is 0 Å². The summed E-state index contributed by atoms with van der Waals surface area (Å²) in [6, 6.07) is 59.0. The van der Waals surface area contributed by atoms with Gasteiger partial charge in [-0.15, -0.1) is 11.3 Å². The second kappa shape index (κ2) is 11.9. The Morgan fingerprint density at radius 2 is 1.05 bits per heavy atom. The van der Waals surface area contributed by atoms with Crippen LogP contribution in [0.4, 0.5) is 0 Å². The van der Waals surface area contributed by atoms with Crippen LogP contribution in [0.3, 0.4) is 0 Å². The van der Waals surface area contributed by atoms with Crippen molar-refractivity contribution in [3.05, 3.63) is 170 Å². The van der Waals surface area contributed by atoms with Gasteiger partial charge in [-0.05, 0) is 65.7 Å². The van der Waals surface area contributed by atoms with Crippen LogP contribution in [-0.4, -0.2) is 19.5 Å². The van der Waals surface area contributed by atoms with E-state index < -0.39 is 0 Å². The van der Waals surface area contributed by atoms with Gasteiger partial charge in [0.15, 0.2) is 11.6 Å². The van der Waals surface area contributed by atoms with E-state index >= 15 is 0 Å². The van der Waals surface area contributed by atoms with Crippen LogP contribution in [0, 0.1) is 0 Å². The summed E-state index contributed by atoms with van der Waals surface area (Å²) >= 11 is 1.83. The van der Waals surface area contributed by atoms with Crippen molar-refractivity contribution in [3.8, 4) is 39.9 Å². The van der Waals surface area contributed by atoms with Crippen LogP contribution in [0.2, 0.25) is 0 Å². The monoisotopic (exact) mass is 760 g/mol. The molecule has 0 amide bonds. The Labute approximate surface area is 333 Å². The maximum atomic E-state index is 6.59. The summed E-state index contributed by atoms with van der Waals surface area (Å²) in [4.78, 5) is 16.0. The molecule has 0 spiro atoms. The van der Waals surface area contributed by atoms with Crippen molar-refractivity contribution in [2.45, 2.75) is 0 Å². The average Bonchev–Trinajstić information content (AvgIpc) is 4.04. The number of aromatic nitrogens is 4. The number of rotatable bonds is 4. The van der Waals surface area contributed by atoms with Crippen LogP contribution < -0.4 is 0 Å². The van der Waals surface area contributed by atoms with E-state index in [9.17, 15) is 0 Å². The third kappa shape index (κ3) is 4.56. The van der Waals surface area contributed by atoms with Gasteiger partial charge in [0.05, 0.1) is 11.0 Å². The number of benzene rings is 8. The van der Waals surface area contributed by atoms with Crippen molar-refractivity contribution in [1.29, 1.82) is 0 Å². The van der Waals surface area contributed by atoms with Crippen LogP contribution in [0.1, 0.15) is 0 Å². The Bertz CT molecular complexity index is 3820. The summed E-state index contributed by atoms with van der Waals surface area (Å²) in [5.74, 6) is 1.63. The van der Waals surface area contributed by atoms with Crippen LogP contribution >= 0.6 is 11.3 Å². The van der Waals surface area contributed by atoms with Crippen molar-refractivity contribution < 1.29 is 8.83 Å². The highest BCUT2D eigenvalue weighted by Crippen LogP contribution is 2.42. The molecule has 7 heteroatoms. The number of hydrogen-bond acceptors (Lipinski definition) is 6. The van der Waals surface area contributed by atoms with Crippen LogP contribution in [0.25, 0.3) is 126 Å². The first-order valence-electron chi connectivity index (χ1n) is 19.3. The second-order valence-corrected chi connectivity index (χ2v) is 15.8. The molecule has 0 aliphatic rings. The number of nitrogens with zero attached hydrogens (tertiary/aromatic N) is 4. The maximum absolute atomic E-state index is 6.59. The van der Waals surface area contributed by atoms with Crippen molar-refractivity contribution in [1.82, 2.24) is 19.5 Å². The topological polar surface area (TPSA) is 69.9 Å². The molecule has 0 unspecified atom stereocenters. The van der Waals surface area contributed by atoms with E-state index in [2.05, 4.69) is 132 Å². The molecule has 0 aliphatic carbocycles. The highest BCUT2D eigenvalue weighted by Gasteiger charge is 2.22. The highest BCUT2D eigenvalue weighted by atomic mass is 32.1. The van der Waals surface area contributed by atoms with Gasteiger partial charge in [-0.2, -0.15) is 9.97 Å². The standard InChI is InChI=1S/C51H28N4O2S/c1-2-12-29(13-3-1)31-17-10-21-42-47(31)35-25-24-30(26-44(35)57-42)49-52-50(36-18-11-22-43-48(36)34-16-5-8-20-41(34)56-43)54-51(53-49)55-39-19-7-4-14-32(39)37-28-46-38(27-40(37)55)33-15-6-9-23-45(33)58-46/h1-28H. The third-order valence-electron chi connectivity index (χ3n) is 11.5. The van der Waals surface area contributed by atoms with Gasteiger partial charge in [-0.25, -0.2) is 4.98 Å². The predicted octanol–water partition coefficient (Wildman–Crippen LogP) is 14.1. The molecule has 13 aromatic rings. The fraction of sp³-hybridized carbons (Fsp3) is 0. The molecule has 0 atom stereocenters. The molecule has 0 N–H and O–H groups in total. The van der Waals surface area contributed by atoms with Crippen molar-refractivity contribution >= 4 is 97.2 Å². The second-order valence-electron chi connectivity index (χ2n) is 14.7. The van der Waals surface area contributed by atoms with Crippen LogP contribution in [-0.2, 0) is 0 Å². The minimum atomic E-state index is 0.533. The average molecular weight is 761 g/mol. The zero-order valence-electron chi connectivity index (χ0n) is 30.7. The van der Waals surface area contributed by atoms with E-state index in [4.69, 9.17) is 23.8 Å². The molecule has 0 fully saturated rings. The maximum Gasteiger partial charge on any atom is 0.238 e. The quantitative estimate of drug-likeness (QED) is 0.179. The number of fused-ring (bicyclic) bond motifs is 12. The normalized spacial score (nSPS) is 12.1. The third-order valence-corrected chi connectivity index (χ3v) is 12.6. The summed E-state index contributed by atoms with van der Waals surface area (Å²) in [7, 11) is 0. The molecule has 13 rings (SSSR count). The smallest absolute Gasteiger partial charge is 0.238 e. The summed E-state index contributed by atoms with van der Waals surface area (Å²) in [5, 5.41) is 8.85. The van der Waals surface area contributed by atoms with E-state index in [0.29, 0.717) is 17.6 Å². The molecule has 8 aromatic carbocycles. The van der Waals surface area contributed by atoms with Gasteiger partial charge in [-0.3, -0.25) is 4.57 Å². The molecule has 0 radical (unpaired) electrons. The Kier molecular flexibility index (Phi) is 6.50. The van der Waals surface area contributed by atoms with Gasteiger partial charge < -0.3 is 8.83 Å². The van der Waals surface area contributed by atoms with E-state index in [0.717, 1.165) is 87.9 Å². The lowest BCUT2D eigenvalue weighted by atomic mass is 9.99. The fourth-order valence-electron chi connectivity index (χ4n) is 8.90. The lowest BCUT2D eigenvalue weighted by Crippen LogP contribution is -2.06. The molecule has 0 bridgehead atoms. The van der Waals surface area contributed by atoms with Crippen LogP contribution in [0.5, 0.6) is 0 Å². The van der Waals surface area contributed by atoms with Gasteiger partial charge in [-0.1, -0.05) is 115 Å². The van der Waals surface area contributed by atoms with E-state index in [1.807, 2.05) is 53.8 Å². The Morgan fingerprint density at radius 3 is 1.93 bits per heavy atom. The number of hydrogen-bond donors (Lipinski definition) is 0. The zero-order valence-corrected chi connectivity index (χ0v) is 31.5. The fourth-order valence-corrected chi connectivity index (χ4v) is 10.0. The molecular formula is C51H28N4O2S. The van der Waals surface area contributed by atoms with E-state index in [1.54, 1.807) is 0 Å². The van der Waals surface area contributed by atoms with Gasteiger partial charge in [0.25, 0.3) is 0 Å². The molecule has 5 heterocycles. The summed E-state index contributed by atoms with van der Waals surface area (Å²) < 4.78 is 17.6. The minimum absolute atomic E-state index is 0.533. The summed E-state index contributed by atoms with van der Waals surface area (Å²) in [5.41, 5.74) is 9.24. The molecular weight excluding hydrogens is 733 g/mol. The Hall–Kier alpha value is -7.61. The molecule has 6 nitrogen and oxygen atoms in total. The summed E-state index contributed by atoms with van der Waals surface area (Å²) in [6.07, 6.45) is 0. The number of para-hydroxylation sites is 2. The first-order chi connectivity index (χ1) is 28.7. The first kappa shape index (κ1) is 31.6. The van der Waals surface area contributed by atoms with E-state index in [1.165, 1.54) is 20.2 Å². The largest absolute Gasteiger partial charge is 0.456 e. The van der Waals surface area contributed by atoms with Gasteiger partial charge in [0, 0.05) is 63.6 Å². The first-order valence-corrected chi connectivity index (χ1v) is 20.1.